The standard InChI is InChI=1S/C12H16N6/c1-18(7-9-5-3-2-4-6-9)8-10-15-11(13)17-12(14)16-10/h2-6H,7-8H2,1H3,(H4,13,14,15,16,17)/p+1. The Labute approximate surface area is 106 Å². The Morgan fingerprint density at radius 1 is 0.944 bits per heavy atom. The quantitative estimate of drug-likeness (QED) is 0.659. The van der Waals surface area contributed by atoms with Crippen molar-refractivity contribution < 1.29 is 4.90 Å². The molecule has 1 atom stereocenters. The molecule has 94 valence electrons. The molecule has 1 unspecified atom stereocenters. The third kappa shape index (κ3) is 3.39. The number of quaternary nitrogens is 1. The summed E-state index contributed by atoms with van der Waals surface area (Å²) in [4.78, 5) is 13.1. The van der Waals surface area contributed by atoms with Gasteiger partial charge in [-0.3, -0.25) is 0 Å². The van der Waals surface area contributed by atoms with Gasteiger partial charge in [-0.1, -0.05) is 30.3 Å². The molecule has 18 heavy (non-hydrogen) atoms. The second-order valence-electron chi connectivity index (χ2n) is 4.26. The van der Waals surface area contributed by atoms with Gasteiger partial charge < -0.3 is 16.4 Å². The second kappa shape index (κ2) is 5.42. The van der Waals surface area contributed by atoms with Crippen molar-refractivity contribution >= 4 is 11.9 Å². The summed E-state index contributed by atoms with van der Waals surface area (Å²) < 4.78 is 0. The first-order valence-corrected chi connectivity index (χ1v) is 5.74. The summed E-state index contributed by atoms with van der Waals surface area (Å²) in [7, 11) is 2.07. The van der Waals surface area contributed by atoms with E-state index in [1.54, 1.807) is 0 Å². The average Bonchev–Trinajstić information content (AvgIpc) is 2.28. The molecular weight excluding hydrogens is 228 g/mol. The minimum absolute atomic E-state index is 0.171. The zero-order chi connectivity index (χ0) is 13.0. The van der Waals surface area contributed by atoms with Crippen LogP contribution in [0.15, 0.2) is 30.3 Å². The van der Waals surface area contributed by atoms with Crippen LogP contribution in [0, 0.1) is 0 Å². The van der Waals surface area contributed by atoms with Crippen molar-refractivity contribution in [2.45, 2.75) is 13.1 Å². The van der Waals surface area contributed by atoms with Gasteiger partial charge in [0.15, 0.2) is 5.82 Å². The van der Waals surface area contributed by atoms with E-state index in [9.17, 15) is 0 Å². The summed E-state index contributed by atoms with van der Waals surface area (Å²) in [6, 6.07) is 10.3. The third-order valence-corrected chi connectivity index (χ3v) is 2.52. The molecule has 1 aromatic carbocycles. The van der Waals surface area contributed by atoms with Crippen LogP contribution in [0.25, 0.3) is 0 Å². The maximum Gasteiger partial charge on any atom is 0.225 e. The topological polar surface area (TPSA) is 95.2 Å². The first-order chi connectivity index (χ1) is 8.63. The maximum atomic E-state index is 5.54. The van der Waals surface area contributed by atoms with E-state index in [4.69, 9.17) is 11.5 Å². The van der Waals surface area contributed by atoms with E-state index in [0.717, 1.165) is 6.54 Å². The van der Waals surface area contributed by atoms with Crippen LogP contribution in [0.2, 0.25) is 0 Å². The largest absolute Gasteiger partial charge is 0.368 e. The molecule has 1 heterocycles. The number of nitrogens with zero attached hydrogens (tertiary/aromatic N) is 3. The molecule has 5 N–H and O–H groups in total. The maximum absolute atomic E-state index is 5.54. The van der Waals surface area contributed by atoms with Crippen molar-refractivity contribution in [3.8, 4) is 0 Å². The van der Waals surface area contributed by atoms with Crippen molar-refractivity contribution in [1.29, 1.82) is 0 Å². The molecule has 0 bridgehead atoms. The smallest absolute Gasteiger partial charge is 0.225 e. The summed E-state index contributed by atoms with van der Waals surface area (Å²) in [6.07, 6.45) is 0. The fourth-order valence-corrected chi connectivity index (χ4v) is 1.81. The number of benzene rings is 1. The number of anilines is 2. The van der Waals surface area contributed by atoms with E-state index in [-0.39, 0.29) is 11.9 Å². The number of nitrogens with two attached hydrogens (primary N) is 2. The molecule has 6 nitrogen and oxygen atoms in total. The summed E-state index contributed by atoms with van der Waals surface area (Å²) >= 11 is 0. The van der Waals surface area contributed by atoms with Crippen molar-refractivity contribution in [1.82, 2.24) is 15.0 Å². The molecule has 1 aromatic heterocycles. The number of nitrogen functional groups attached to an aromatic ring is 2. The number of nitrogens with one attached hydrogen (secondary N) is 1. The zero-order valence-electron chi connectivity index (χ0n) is 10.3. The van der Waals surface area contributed by atoms with Gasteiger partial charge >= 0.3 is 0 Å². The molecule has 2 aromatic rings. The molecule has 0 aliphatic rings. The summed E-state index contributed by atoms with van der Waals surface area (Å²) in [5.74, 6) is 0.962. The lowest BCUT2D eigenvalue weighted by molar-refractivity contribution is -0.908. The Hall–Kier alpha value is -2.21. The second-order valence-corrected chi connectivity index (χ2v) is 4.26. The highest BCUT2D eigenvalue weighted by atomic mass is 15.2. The lowest BCUT2D eigenvalue weighted by Gasteiger charge is -2.13. The molecule has 0 radical (unpaired) electrons. The molecule has 0 saturated carbocycles. The van der Waals surface area contributed by atoms with E-state index >= 15 is 0 Å². The lowest BCUT2D eigenvalue weighted by Crippen LogP contribution is -3.06. The molecule has 0 fully saturated rings. The minimum atomic E-state index is 0.171. The van der Waals surface area contributed by atoms with Crippen molar-refractivity contribution in [3.05, 3.63) is 41.7 Å². The summed E-state index contributed by atoms with van der Waals surface area (Å²) in [6.45, 7) is 1.55. The van der Waals surface area contributed by atoms with Crippen LogP contribution < -0.4 is 16.4 Å². The summed E-state index contributed by atoms with van der Waals surface area (Å²) in [5.41, 5.74) is 12.3. The molecule has 0 aliphatic carbocycles. The fourth-order valence-electron chi connectivity index (χ4n) is 1.81. The first-order valence-electron chi connectivity index (χ1n) is 5.74. The monoisotopic (exact) mass is 245 g/mol. The van der Waals surface area contributed by atoms with Crippen LogP contribution in [-0.2, 0) is 13.1 Å². The van der Waals surface area contributed by atoms with Crippen molar-refractivity contribution in [2.75, 3.05) is 18.5 Å². The van der Waals surface area contributed by atoms with E-state index in [1.165, 1.54) is 10.5 Å². The number of hydrogen-bond donors (Lipinski definition) is 3. The first kappa shape index (κ1) is 12.3. The van der Waals surface area contributed by atoms with Gasteiger partial charge in [-0.15, -0.1) is 0 Å². The normalized spacial score (nSPS) is 12.3. The Bertz CT molecular complexity index is 493. The van der Waals surface area contributed by atoms with Crippen molar-refractivity contribution in [2.24, 2.45) is 0 Å². The van der Waals surface area contributed by atoms with Crippen LogP contribution >= 0.6 is 0 Å². The highest BCUT2D eigenvalue weighted by Gasteiger charge is 2.09. The van der Waals surface area contributed by atoms with Gasteiger partial charge in [-0.25, -0.2) is 0 Å². The van der Waals surface area contributed by atoms with Gasteiger partial charge in [-0.05, 0) is 0 Å². The van der Waals surface area contributed by atoms with Crippen LogP contribution in [-0.4, -0.2) is 22.0 Å². The van der Waals surface area contributed by atoms with Gasteiger partial charge in [0.1, 0.15) is 13.1 Å². The number of rotatable bonds is 4. The SMILES string of the molecule is C[NH+](Cc1ccccc1)Cc1nc(N)nc(N)n1. The van der Waals surface area contributed by atoms with Crippen LogP contribution in [0.3, 0.4) is 0 Å². The highest BCUT2D eigenvalue weighted by molar-refractivity contribution is 5.25. The Balaban J connectivity index is 2.01. The van der Waals surface area contributed by atoms with E-state index in [2.05, 4.69) is 34.1 Å². The number of aromatic nitrogens is 3. The van der Waals surface area contributed by atoms with Crippen LogP contribution in [0.4, 0.5) is 11.9 Å². The van der Waals surface area contributed by atoms with Gasteiger partial charge in [0, 0.05) is 5.56 Å². The van der Waals surface area contributed by atoms with Gasteiger partial charge in [0.25, 0.3) is 0 Å². The Kier molecular flexibility index (Phi) is 3.69. The predicted molar refractivity (Wildman–Crippen MR) is 69.4 cm³/mol. The third-order valence-electron chi connectivity index (χ3n) is 2.52. The Morgan fingerprint density at radius 3 is 2.17 bits per heavy atom. The molecule has 0 aliphatic heterocycles. The van der Waals surface area contributed by atoms with E-state index in [1.807, 2.05) is 18.2 Å². The molecule has 0 amide bonds. The summed E-state index contributed by atoms with van der Waals surface area (Å²) in [5, 5.41) is 0. The van der Waals surface area contributed by atoms with Crippen LogP contribution in [0.1, 0.15) is 11.4 Å². The molecule has 6 heteroatoms. The Morgan fingerprint density at radius 2 is 1.56 bits per heavy atom. The zero-order valence-corrected chi connectivity index (χ0v) is 10.3. The molecule has 2 rings (SSSR count). The van der Waals surface area contributed by atoms with E-state index in [0.29, 0.717) is 12.4 Å². The van der Waals surface area contributed by atoms with E-state index < -0.39 is 0 Å². The molecule has 0 saturated heterocycles. The fraction of sp³-hybridized carbons (Fsp3) is 0.250. The molecule has 0 spiro atoms. The number of hydrogen-bond acceptors (Lipinski definition) is 5. The van der Waals surface area contributed by atoms with Crippen molar-refractivity contribution in [3.63, 3.8) is 0 Å². The van der Waals surface area contributed by atoms with Gasteiger partial charge in [0.05, 0.1) is 7.05 Å². The van der Waals surface area contributed by atoms with Gasteiger partial charge in [-0.2, -0.15) is 15.0 Å². The van der Waals surface area contributed by atoms with Gasteiger partial charge in [0.2, 0.25) is 11.9 Å². The lowest BCUT2D eigenvalue weighted by atomic mass is 10.2. The predicted octanol–water partition coefficient (Wildman–Crippen LogP) is -0.749. The highest BCUT2D eigenvalue weighted by Crippen LogP contribution is 1.98. The minimum Gasteiger partial charge on any atom is -0.368 e. The average molecular weight is 245 g/mol. The van der Waals surface area contributed by atoms with Crippen LogP contribution in [0.5, 0.6) is 0 Å². The molecular formula is C12H17N6+.